The van der Waals surface area contributed by atoms with Gasteiger partial charge in [-0.15, -0.1) is 0 Å². The van der Waals surface area contributed by atoms with Crippen molar-refractivity contribution in [3.05, 3.63) is 96.4 Å². The van der Waals surface area contributed by atoms with E-state index in [-0.39, 0.29) is 16.8 Å². The molecule has 5 nitrogen and oxygen atoms in total. The van der Waals surface area contributed by atoms with Gasteiger partial charge in [0.25, 0.3) is 10.0 Å². The lowest BCUT2D eigenvalue weighted by molar-refractivity contribution is 0.560. The van der Waals surface area contributed by atoms with Crippen molar-refractivity contribution in [2.45, 2.75) is 30.7 Å². The zero-order valence-electron chi connectivity index (χ0n) is 17.5. The molecule has 3 aromatic carbocycles. The summed E-state index contributed by atoms with van der Waals surface area (Å²) < 4.78 is 45.0. The summed E-state index contributed by atoms with van der Waals surface area (Å²) in [7, 11) is -3.98. The fourth-order valence-electron chi connectivity index (χ4n) is 4.22. The second kappa shape index (κ2) is 7.91. The number of nitrogens with zero attached hydrogens (tertiary/aromatic N) is 3. The number of aromatic nitrogens is 2. The number of rotatable bonds is 4. The van der Waals surface area contributed by atoms with Crippen molar-refractivity contribution in [3.8, 4) is 16.9 Å². The summed E-state index contributed by atoms with van der Waals surface area (Å²) >= 11 is 0. The van der Waals surface area contributed by atoms with Crippen LogP contribution in [0.3, 0.4) is 0 Å². The number of benzene rings is 3. The van der Waals surface area contributed by atoms with Crippen LogP contribution in [0.25, 0.3) is 16.9 Å². The number of hydrogen-bond acceptors (Lipinski definition) is 3. The zero-order valence-corrected chi connectivity index (χ0v) is 18.3. The summed E-state index contributed by atoms with van der Waals surface area (Å²) in [4.78, 5) is 0.122. The van der Waals surface area contributed by atoms with Gasteiger partial charge in [0.1, 0.15) is 16.4 Å². The van der Waals surface area contributed by atoms with Gasteiger partial charge in [0.05, 0.1) is 17.6 Å². The maximum atomic E-state index is 14.1. The smallest absolute Gasteiger partial charge is 0.263 e. The molecular weight excluding hydrogens is 425 g/mol. The molecule has 1 aliphatic rings. The van der Waals surface area contributed by atoms with E-state index in [1.54, 1.807) is 16.9 Å². The van der Waals surface area contributed by atoms with Gasteiger partial charge >= 0.3 is 0 Å². The molecule has 2 heterocycles. The quantitative estimate of drug-likeness (QED) is 0.432. The van der Waals surface area contributed by atoms with Gasteiger partial charge in [-0.25, -0.2) is 17.5 Å². The van der Waals surface area contributed by atoms with E-state index in [4.69, 9.17) is 0 Å². The van der Waals surface area contributed by atoms with Crippen LogP contribution in [0.2, 0.25) is 0 Å². The molecule has 0 saturated heterocycles. The molecule has 1 aliphatic heterocycles. The van der Waals surface area contributed by atoms with Crippen LogP contribution in [-0.4, -0.2) is 24.2 Å². The molecule has 0 bridgehead atoms. The van der Waals surface area contributed by atoms with Gasteiger partial charge in [-0.2, -0.15) is 5.10 Å². The van der Waals surface area contributed by atoms with Gasteiger partial charge in [-0.3, -0.25) is 4.31 Å². The maximum absolute atomic E-state index is 14.1. The van der Waals surface area contributed by atoms with Gasteiger partial charge in [0, 0.05) is 11.6 Å². The topological polar surface area (TPSA) is 55.2 Å². The number of halogens is 1. The molecule has 0 N–H and O–H groups in total. The molecule has 1 atom stereocenters. The number of fused-ring (bicyclic) bond motifs is 1. The Morgan fingerprint density at radius 2 is 1.66 bits per heavy atom. The lowest BCUT2D eigenvalue weighted by atomic mass is 9.99. The largest absolute Gasteiger partial charge is 0.268 e. The highest BCUT2D eigenvalue weighted by Gasteiger charge is 2.37. The number of hydrogen-bond donors (Lipinski definition) is 0. The SMILES string of the molecule is CC1CCc2cc(F)ccc2N1S(=O)(=O)c1cn(-c2ccccc2)nc1-c1ccccc1. The summed E-state index contributed by atoms with van der Waals surface area (Å²) in [6.45, 7) is 1.88. The number of anilines is 1. The molecule has 7 heteroatoms. The molecule has 162 valence electrons. The Hall–Kier alpha value is -3.45. The number of aryl methyl sites for hydroxylation is 1. The van der Waals surface area contributed by atoms with Crippen LogP contribution in [0.4, 0.5) is 10.1 Å². The van der Waals surface area contributed by atoms with Gasteiger partial charge in [-0.1, -0.05) is 48.5 Å². The van der Waals surface area contributed by atoms with Crippen LogP contribution in [0.5, 0.6) is 0 Å². The lowest BCUT2D eigenvalue weighted by Gasteiger charge is -2.35. The van der Waals surface area contributed by atoms with Crippen molar-refractivity contribution in [2.75, 3.05) is 4.31 Å². The molecule has 0 radical (unpaired) electrons. The summed E-state index contributed by atoms with van der Waals surface area (Å²) in [5, 5.41) is 4.66. The second-order valence-corrected chi connectivity index (χ2v) is 9.73. The Morgan fingerprint density at radius 3 is 2.38 bits per heavy atom. The van der Waals surface area contributed by atoms with E-state index in [2.05, 4.69) is 5.10 Å². The van der Waals surface area contributed by atoms with Crippen LogP contribution in [0.1, 0.15) is 18.9 Å². The predicted molar refractivity (Wildman–Crippen MR) is 123 cm³/mol. The third-order valence-corrected chi connectivity index (χ3v) is 7.73. The highest BCUT2D eigenvalue weighted by molar-refractivity contribution is 7.93. The fourth-order valence-corrected chi connectivity index (χ4v) is 6.08. The highest BCUT2D eigenvalue weighted by atomic mass is 32.2. The molecule has 0 amide bonds. The Balaban J connectivity index is 1.71. The molecular formula is C25H22FN3O2S. The van der Waals surface area contributed by atoms with E-state index >= 15 is 0 Å². The standard InChI is InChI=1S/C25H22FN3O2S/c1-18-12-13-20-16-21(26)14-15-23(20)29(18)32(30,31)24-17-28(22-10-6-3-7-11-22)27-25(24)19-8-4-2-5-9-19/h2-11,14-18H,12-13H2,1H3. The molecule has 4 aromatic rings. The molecule has 5 rings (SSSR count). The van der Waals surface area contributed by atoms with Gasteiger partial charge in [0.2, 0.25) is 0 Å². The first-order valence-electron chi connectivity index (χ1n) is 10.5. The Morgan fingerprint density at radius 1 is 0.969 bits per heavy atom. The van der Waals surface area contributed by atoms with E-state index in [1.807, 2.05) is 67.6 Å². The minimum atomic E-state index is -3.98. The fraction of sp³-hybridized carbons (Fsp3) is 0.160. The zero-order chi connectivity index (χ0) is 22.3. The molecule has 1 unspecified atom stereocenters. The van der Waals surface area contributed by atoms with E-state index in [9.17, 15) is 12.8 Å². The predicted octanol–water partition coefficient (Wildman–Crippen LogP) is 5.21. The van der Waals surface area contributed by atoms with Gasteiger partial charge in [-0.05, 0) is 55.7 Å². The average molecular weight is 448 g/mol. The molecule has 1 aromatic heterocycles. The van der Waals surface area contributed by atoms with Crippen LogP contribution < -0.4 is 4.31 Å². The average Bonchev–Trinajstić information content (AvgIpc) is 3.27. The lowest BCUT2D eigenvalue weighted by Crippen LogP contribution is -2.42. The van der Waals surface area contributed by atoms with Crippen molar-refractivity contribution < 1.29 is 12.8 Å². The molecule has 0 fully saturated rings. The Labute approximate surface area is 186 Å². The number of para-hydroxylation sites is 1. The summed E-state index contributed by atoms with van der Waals surface area (Å²) in [5.74, 6) is -0.363. The van der Waals surface area contributed by atoms with Gasteiger partial charge in [0.15, 0.2) is 0 Å². The van der Waals surface area contributed by atoms with Crippen molar-refractivity contribution in [1.29, 1.82) is 0 Å². The summed E-state index contributed by atoms with van der Waals surface area (Å²) in [6.07, 6.45) is 2.82. The molecule has 32 heavy (non-hydrogen) atoms. The van der Waals surface area contributed by atoms with E-state index in [0.29, 0.717) is 35.3 Å². The van der Waals surface area contributed by atoms with Crippen molar-refractivity contribution in [3.63, 3.8) is 0 Å². The first kappa shape index (κ1) is 20.5. The minimum Gasteiger partial charge on any atom is -0.263 e. The Bertz CT molecular complexity index is 1370. The van der Waals surface area contributed by atoms with Crippen LogP contribution >= 0.6 is 0 Å². The Kier molecular flexibility index (Phi) is 5.06. The number of sulfonamides is 1. The molecule has 0 spiro atoms. The van der Waals surface area contributed by atoms with Gasteiger partial charge < -0.3 is 0 Å². The first-order chi connectivity index (χ1) is 15.4. The summed E-state index contributed by atoms with van der Waals surface area (Å²) in [6, 6.07) is 22.7. The molecule has 0 saturated carbocycles. The monoisotopic (exact) mass is 447 g/mol. The molecule has 0 aliphatic carbocycles. The van der Waals surface area contributed by atoms with Crippen molar-refractivity contribution in [2.24, 2.45) is 0 Å². The van der Waals surface area contributed by atoms with Crippen molar-refractivity contribution >= 4 is 15.7 Å². The van der Waals surface area contributed by atoms with Crippen LogP contribution in [0, 0.1) is 5.82 Å². The van der Waals surface area contributed by atoms with E-state index < -0.39 is 10.0 Å². The summed E-state index contributed by atoms with van der Waals surface area (Å²) in [5.41, 5.74) is 3.08. The van der Waals surface area contributed by atoms with Crippen molar-refractivity contribution in [1.82, 2.24) is 9.78 Å². The third kappa shape index (κ3) is 3.48. The van der Waals surface area contributed by atoms with E-state index in [0.717, 1.165) is 5.69 Å². The van der Waals surface area contributed by atoms with Crippen LogP contribution in [-0.2, 0) is 16.4 Å². The van der Waals surface area contributed by atoms with Crippen LogP contribution in [0.15, 0.2) is 90.0 Å². The highest BCUT2D eigenvalue weighted by Crippen LogP contribution is 2.38. The second-order valence-electron chi connectivity index (χ2n) is 7.95. The minimum absolute atomic E-state index is 0.122. The van der Waals surface area contributed by atoms with E-state index in [1.165, 1.54) is 16.4 Å². The maximum Gasteiger partial charge on any atom is 0.268 e. The third-order valence-electron chi connectivity index (χ3n) is 5.80. The normalized spacial score (nSPS) is 16.1. The first-order valence-corrected chi connectivity index (χ1v) is 11.9.